The largest absolute Gasteiger partial charge is 0.485 e. The summed E-state index contributed by atoms with van der Waals surface area (Å²) in [6.07, 6.45) is 7.91. The minimum atomic E-state index is -0.837. The number of nitrogens with zero attached hydrogens (tertiary/aromatic N) is 5. The normalized spacial score (nSPS) is 15.8. The Hall–Kier alpha value is -3.76. The summed E-state index contributed by atoms with van der Waals surface area (Å²) in [7, 11) is 0. The van der Waals surface area contributed by atoms with Gasteiger partial charge in [0.15, 0.2) is 5.82 Å². The van der Waals surface area contributed by atoms with Gasteiger partial charge in [-0.3, -0.25) is 19.3 Å². The fourth-order valence-electron chi connectivity index (χ4n) is 4.87. The van der Waals surface area contributed by atoms with Gasteiger partial charge in [-0.2, -0.15) is 0 Å². The first-order valence-corrected chi connectivity index (χ1v) is 13.5. The predicted molar refractivity (Wildman–Crippen MR) is 144 cm³/mol. The Kier molecular flexibility index (Phi) is 7.29. The smallest absolute Gasteiger partial charge is 0.277 e. The van der Waals surface area contributed by atoms with Crippen LogP contribution in [0, 0.1) is 18.6 Å². The van der Waals surface area contributed by atoms with Crippen LogP contribution in [0.1, 0.15) is 60.3 Å². The van der Waals surface area contributed by atoms with Gasteiger partial charge in [-0.15, -0.1) is 0 Å². The molecule has 0 spiro atoms. The van der Waals surface area contributed by atoms with Crippen molar-refractivity contribution < 1.29 is 18.3 Å². The van der Waals surface area contributed by atoms with Crippen LogP contribution in [-0.2, 0) is 11.3 Å². The first-order chi connectivity index (χ1) is 19.4. The lowest BCUT2D eigenvalue weighted by Crippen LogP contribution is -2.24. The van der Waals surface area contributed by atoms with E-state index >= 15 is 0 Å². The zero-order chi connectivity index (χ0) is 27.8. The van der Waals surface area contributed by atoms with Crippen LogP contribution in [0.2, 0.25) is 5.02 Å². The van der Waals surface area contributed by atoms with Gasteiger partial charge < -0.3 is 9.47 Å². The summed E-state index contributed by atoms with van der Waals surface area (Å²) in [4.78, 5) is 31.3. The average molecular weight is 566 g/mol. The lowest BCUT2D eigenvalue weighted by molar-refractivity contribution is 0.0836. The number of aromatic nitrogens is 5. The fourth-order valence-corrected chi connectivity index (χ4v) is 5.07. The molecule has 1 saturated heterocycles. The summed E-state index contributed by atoms with van der Waals surface area (Å²) < 4.78 is 40.1. The Labute approximate surface area is 234 Å². The van der Waals surface area contributed by atoms with E-state index < -0.39 is 17.2 Å². The highest BCUT2D eigenvalue weighted by Crippen LogP contribution is 2.43. The number of pyridine rings is 3. The first-order valence-electron chi connectivity index (χ1n) is 13.1. The van der Waals surface area contributed by atoms with E-state index in [0.717, 1.165) is 55.0 Å². The highest BCUT2D eigenvalue weighted by molar-refractivity contribution is 6.31. The van der Waals surface area contributed by atoms with Gasteiger partial charge in [0.25, 0.3) is 5.56 Å². The summed E-state index contributed by atoms with van der Waals surface area (Å²) in [6, 6.07) is 6.10. The molecule has 0 bridgehead atoms. The zero-order valence-electron chi connectivity index (χ0n) is 21.7. The van der Waals surface area contributed by atoms with Crippen molar-refractivity contribution in [2.45, 2.75) is 51.0 Å². The summed E-state index contributed by atoms with van der Waals surface area (Å²) in [5.41, 5.74) is 2.89. The van der Waals surface area contributed by atoms with Crippen LogP contribution in [0.4, 0.5) is 8.78 Å². The molecule has 0 N–H and O–H groups in total. The Balaban J connectivity index is 1.37. The van der Waals surface area contributed by atoms with Gasteiger partial charge in [-0.25, -0.2) is 18.7 Å². The summed E-state index contributed by atoms with van der Waals surface area (Å²) in [5, 5.41) is -0.145. The van der Waals surface area contributed by atoms with Gasteiger partial charge in [0.05, 0.1) is 23.3 Å². The lowest BCUT2D eigenvalue weighted by Gasteiger charge is -2.21. The third-order valence-electron chi connectivity index (χ3n) is 7.23. The summed E-state index contributed by atoms with van der Waals surface area (Å²) in [5.74, 6) is -0.365. The van der Waals surface area contributed by atoms with Gasteiger partial charge in [-0.1, -0.05) is 11.6 Å². The second kappa shape index (κ2) is 11.0. The molecule has 206 valence electrons. The van der Waals surface area contributed by atoms with Crippen LogP contribution in [0.25, 0.3) is 17.1 Å². The Bertz CT molecular complexity index is 1640. The third-order valence-corrected chi connectivity index (χ3v) is 7.58. The molecule has 40 heavy (non-hydrogen) atoms. The number of aryl methyl sites for hydroxylation is 1. The Morgan fingerprint density at radius 2 is 1.82 bits per heavy atom. The van der Waals surface area contributed by atoms with Crippen LogP contribution in [0.15, 0.2) is 47.7 Å². The maximum atomic E-state index is 14.1. The second-order valence-electron chi connectivity index (χ2n) is 10.1. The number of hydrogen-bond acceptors (Lipinski definition) is 7. The van der Waals surface area contributed by atoms with E-state index in [1.54, 1.807) is 29.1 Å². The van der Waals surface area contributed by atoms with Crippen molar-refractivity contribution in [2.24, 2.45) is 0 Å². The Morgan fingerprint density at radius 1 is 1.02 bits per heavy atom. The number of halogens is 3. The minimum absolute atomic E-state index is 0.0887. The number of hydrogen-bond donors (Lipinski definition) is 0. The molecule has 4 aromatic rings. The topological polar surface area (TPSA) is 92.0 Å². The fraction of sp³-hybridized carbons (Fsp3) is 0.345. The SMILES string of the molecule is Cc1cnc(-c2ccnc(C3CCOCC3)n2)cc1-n1c(C2CC2)cc(OCc2ncc(F)cc2F)c(Cl)c1=O. The zero-order valence-corrected chi connectivity index (χ0v) is 22.5. The maximum absolute atomic E-state index is 14.1. The molecule has 1 saturated carbocycles. The predicted octanol–water partition coefficient (Wildman–Crippen LogP) is 5.67. The van der Waals surface area contributed by atoms with E-state index in [1.165, 1.54) is 0 Å². The van der Waals surface area contributed by atoms with E-state index in [-0.39, 0.29) is 34.9 Å². The van der Waals surface area contributed by atoms with Gasteiger partial charge in [0.1, 0.15) is 34.7 Å². The van der Waals surface area contributed by atoms with Crippen LogP contribution in [0.3, 0.4) is 0 Å². The number of rotatable bonds is 7. The van der Waals surface area contributed by atoms with Crippen molar-refractivity contribution in [3.8, 4) is 22.8 Å². The van der Waals surface area contributed by atoms with Crippen molar-refractivity contribution in [2.75, 3.05) is 13.2 Å². The van der Waals surface area contributed by atoms with Crippen LogP contribution >= 0.6 is 11.6 Å². The summed E-state index contributed by atoms with van der Waals surface area (Å²) in [6.45, 7) is 2.95. The van der Waals surface area contributed by atoms with Crippen molar-refractivity contribution in [1.29, 1.82) is 0 Å². The van der Waals surface area contributed by atoms with Crippen molar-refractivity contribution in [3.63, 3.8) is 0 Å². The van der Waals surface area contributed by atoms with E-state index in [1.807, 2.05) is 13.0 Å². The molecule has 0 aromatic carbocycles. The molecule has 4 aromatic heterocycles. The molecule has 5 heterocycles. The highest BCUT2D eigenvalue weighted by Gasteiger charge is 2.30. The summed E-state index contributed by atoms with van der Waals surface area (Å²) >= 11 is 6.51. The molecule has 11 heteroatoms. The van der Waals surface area contributed by atoms with E-state index in [4.69, 9.17) is 26.1 Å². The van der Waals surface area contributed by atoms with Gasteiger partial charge >= 0.3 is 0 Å². The standard InChI is InChI=1S/C29H26ClF2N5O3/c1-16-13-34-22(21-4-7-33-28(36-21)18-5-8-39-9-6-18)11-24(16)37-25(17-2-3-17)12-26(27(30)29(37)38)40-15-23-20(32)10-19(31)14-35-23/h4,7,10-14,17-18H,2-3,5-6,8-9,15H2,1H3. The minimum Gasteiger partial charge on any atom is -0.485 e. The third kappa shape index (κ3) is 5.33. The second-order valence-corrected chi connectivity index (χ2v) is 10.5. The maximum Gasteiger partial charge on any atom is 0.277 e. The molecule has 0 unspecified atom stereocenters. The molecule has 0 radical (unpaired) electrons. The van der Waals surface area contributed by atoms with Crippen LogP contribution < -0.4 is 10.3 Å². The van der Waals surface area contributed by atoms with E-state index in [2.05, 4.69) is 15.0 Å². The van der Waals surface area contributed by atoms with Crippen molar-refractivity contribution in [1.82, 2.24) is 24.5 Å². The van der Waals surface area contributed by atoms with Gasteiger partial charge in [0, 0.05) is 49.4 Å². The lowest BCUT2D eigenvalue weighted by atomic mass is 9.99. The van der Waals surface area contributed by atoms with Gasteiger partial charge in [0.2, 0.25) is 0 Å². The molecule has 1 aliphatic heterocycles. The average Bonchev–Trinajstić information content (AvgIpc) is 3.81. The quantitative estimate of drug-likeness (QED) is 0.285. The molecule has 2 aliphatic rings. The highest BCUT2D eigenvalue weighted by atomic mass is 35.5. The van der Waals surface area contributed by atoms with Crippen LogP contribution in [-0.4, -0.2) is 37.7 Å². The first kappa shape index (κ1) is 26.5. The van der Waals surface area contributed by atoms with Crippen LogP contribution in [0.5, 0.6) is 5.75 Å². The molecular weight excluding hydrogens is 540 g/mol. The molecule has 6 rings (SSSR count). The molecule has 0 amide bonds. The molecule has 2 fully saturated rings. The Morgan fingerprint density at radius 3 is 2.58 bits per heavy atom. The van der Waals surface area contributed by atoms with E-state index in [0.29, 0.717) is 30.3 Å². The van der Waals surface area contributed by atoms with Crippen molar-refractivity contribution >= 4 is 11.6 Å². The van der Waals surface area contributed by atoms with E-state index in [9.17, 15) is 13.6 Å². The molecular formula is C29H26ClF2N5O3. The molecule has 0 atom stereocenters. The van der Waals surface area contributed by atoms with Crippen molar-refractivity contribution in [3.05, 3.63) is 92.6 Å². The monoisotopic (exact) mass is 565 g/mol. The molecule has 1 aliphatic carbocycles. The molecule has 8 nitrogen and oxygen atoms in total. The number of ether oxygens (including phenoxy) is 2. The van der Waals surface area contributed by atoms with Gasteiger partial charge in [-0.05, 0) is 56.2 Å².